The monoisotopic (exact) mass is 349 g/mol. The molecule has 2 aromatic carbocycles. The van der Waals surface area contributed by atoms with Gasteiger partial charge in [0.1, 0.15) is 23.9 Å². The molecule has 1 unspecified atom stereocenters. The van der Waals surface area contributed by atoms with Gasteiger partial charge in [0.2, 0.25) is 5.91 Å². The van der Waals surface area contributed by atoms with Crippen molar-refractivity contribution in [3.8, 4) is 11.5 Å². The van der Waals surface area contributed by atoms with Gasteiger partial charge in [0, 0.05) is 0 Å². The standard InChI is InChI=1S/C18H17ClFNO3/c1-2-23-14-4-6-17-11(8-14)7-12(10-24-17)18(22)21-16-5-3-13(20)9-15(16)19/h3-6,8-9,12H,2,7,10H2,1H3,(H,21,22). The van der Waals surface area contributed by atoms with E-state index in [0.29, 0.717) is 18.7 Å². The zero-order valence-corrected chi connectivity index (χ0v) is 13.9. The van der Waals surface area contributed by atoms with Crippen molar-refractivity contribution in [3.05, 3.63) is 52.8 Å². The Hall–Kier alpha value is -2.27. The lowest BCUT2D eigenvalue weighted by atomic mass is 9.95. The van der Waals surface area contributed by atoms with Crippen molar-refractivity contribution < 1.29 is 18.7 Å². The molecule has 0 saturated heterocycles. The van der Waals surface area contributed by atoms with Crippen LogP contribution in [0.15, 0.2) is 36.4 Å². The molecule has 126 valence electrons. The highest BCUT2D eigenvalue weighted by molar-refractivity contribution is 6.33. The van der Waals surface area contributed by atoms with Crippen LogP contribution in [0.3, 0.4) is 0 Å². The first-order chi connectivity index (χ1) is 11.6. The average Bonchev–Trinajstić information content (AvgIpc) is 2.57. The maximum Gasteiger partial charge on any atom is 0.231 e. The van der Waals surface area contributed by atoms with Crippen molar-refractivity contribution in [3.63, 3.8) is 0 Å². The lowest BCUT2D eigenvalue weighted by Gasteiger charge is -2.25. The Morgan fingerprint density at radius 1 is 1.38 bits per heavy atom. The summed E-state index contributed by atoms with van der Waals surface area (Å²) < 4.78 is 24.2. The van der Waals surface area contributed by atoms with Crippen molar-refractivity contribution in [1.29, 1.82) is 0 Å². The smallest absolute Gasteiger partial charge is 0.231 e. The predicted octanol–water partition coefficient (Wildman–Crippen LogP) is 4.07. The van der Waals surface area contributed by atoms with E-state index in [9.17, 15) is 9.18 Å². The number of hydrogen-bond donors (Lipinski definition) is 1. The van der Waals surface area contributed by atoms with Crippen LogP contribution in [-0.2, 0) is 11.2 Å². The molecule has 6 heteroatoms. The fourth-order valence-electron chi connectivity index (χ4n) is 2.62. The van der Waals surface area contributed by atoms with Crippen LogP contribution in [0.25, 0.3) is 0 Å². The van der Waals surface area contributed by atoms with Crippen LogP contribution in [0.4, 0.5) is 10.1 Å². The van der Waals surface area contributed by atoms with E-state index in [1.54, 1.807) is 0 Å². The Balaban J connectivity index is 1.72. The van der Waals surface area contributed by atoms with Crippen molar-refractivity contribution in [2.75, 3.05) is 18.5 Å². The van der Waals surface area contributed by atoms with Gasteiger partial charge in [-0.1, -0.05) is 11.6 Å². The number of rotatable bonds is 4. The molecule has 1 aliphatic rings. The van der Waals surface area contributed by atoms with Crippen molar-refractivity contribution in [2.45, 2.75) is 13.3 Å². The van der Waals surface area contributed by atoms with Gasteiger partial charge >= 0.3 is 0 Å². The first kappa shape index (κ1) is 16.6. The van der Waals surface area contributed by atoms with Crippen molar-refractivity contribution in [2.24, 2.45) is 5.92 Å². The van der Waals surface area contributed by atoms with Gasteiger partial charge in [-0.3, -0.25) is 4.79 Å². The predicted molar refractivity (Wildman–Crippen MR) is 90.3 cm³/mol. The summed E-state index contributed by atoms with van der Waals surface area (Å²) in [6.07, 6.45) is 0.543. The van der Waals surface area contributed by atoms with Gasteiger partial charge in [0.05, 0.1) is 23.2 Å². The Morgan fingerprint density at radius 2 is 2.21 bits per heavy atom. The van der Waals surface area contributed by atoms with Crippen LogP contribution in [0.1, 0.15) is 12.5 Å². The van der Waals surface area contributed by atoms with Gasteiger partial charge in [-0.2, -0.15) is 0 Å². The third-order valence-corrected chi connectivity index (χ3v) is 4.12. The molecule has 0 bridgehead atoms. The molecule has 1 atom stereocenters. The van der Waals surface area contributed by atoms with Crippen molar-refractivity contribution in [1.82, 2.24) is 0 Å². The molecule has 4 nitrogen and oxygen atoms in total. The number of benzene rings is 2. The lowest BCUT2D eigenvalue weighted by Crippen LogP contribution is -2.32. The molecule has 24 heavy (non-hydrogen) atoms. The average molecular weight is 350 g/mol. The van der Waals surface area contributed by atoms with Crippen LogP contribution in [0, 0.1) is 11.7 Å². The Bertz CT molecular complexity index is 766. The number of nitrogens with one attached hydrogen (secondary N) is 1. The largest absolute Gasteiger partial charge is 0.494 e. The highest BCUT2D eigenvalue weighted by Gasteiger charge is 2.27. The number of carbonyl (C=O) groups excluding carboxylic acids is 1. The first-order valence-corrected chi connectivity index (χ1v) is 8.09. The second kappa shape index (κ2) is 7.09. The van der Waals surface area contributed by atoms with Gasteiger partial charge in [0.15, 0.2) is 0 Å². The normalized spacial score (nSPS) is 16.0. The zero-order chi connectivity index (χ0) is 17.1. The molecule has 3 rings (SSSR count). The Labute approximate surface area is 144 Å². The van der Waals surface area contributed by atoms with Crippen LogP contribution in [-0.4, -0.2) is 19.1 Å². The van der Waals surface area contributed by atoms with Gasteiger partial charge in [0.25, 0.3) is 0 Å². The fraction of sp³-hybridized carbons (Fsp3) is 0.278. The number of hydrogen-bond acceptors (Lipinski definition) is 3. The summed E-state index contributed by atoms with van der Waals surface area (Å²) in [5, 5.41) is 2.89. The number of amides is 1. The molecule has 0 radical (unpaired) electrons. The summed E-state index contributed by atoms with van der Waals surface area (Å²) in [7, 11) is 0. The summed E-state index contributed by atoms with van der Waals surface area (Å²) in [4.78, 5) is 12.5. The Morgan fingerprint density at radius 3 is 2.96 bits per heavy atom. The van der Waals surface area contributed by atoms with E-state index in [1.807, 2.05) is 25.1 Å². The summed E-state index contributed by atoms with van der Waals surface area (Å²) >= 11 is 5.95. The van der Waals surface area contributed by atoms with Crippen LogP contribution in [0.2, 0.25) is 5.02 Å². The second-order valence-electron chi connectivity index (χ2n) is 5.53. The molecular weight excluding hydrogens is 333 g/mol. The minimum Gasteiger partial charge on any atom is -0.494 e. The minimum atomic E-state index is -0.448. The molecule has 0 spiro atoms. The molecule has 0 saturated carbocycles. The van der Waals surface area contributed by atoms with E-state index in [0.717, 1.165) is 23.1 Å². The van der Waals surface area contributed by atoms with E-state index < -0.39 is 5.82 Å². The molecule has 1 aliphatic heterocycles. The SMILES string of the molecule is CCOc1ccc2c(c1)CC(C(=O)Nc1ccc(F)cc1Cl)CO2. The highest BCUT2D eigenvalue weighted by Crippen LogP contribution is 2.32. The van der Waals surface area contributed by atoms with Gasteiger partial charge < -0.3 is 14.8 Å². The number of fused-ring (bicyclic) bond motifs is 1. The van der Waals surface area contributed by atoms with E-state index in [1.165, 1.54) is 12.1 Å². The van der Waals surface area contributed by atoms with Crippen molar-refractivity contribution >= 4 is 23.2 Å². The maximum atomic E-state index is 13.1. The van der Waals surface area contributed by atoms with Gasteiger partial charge in [-0.15, -0.1) is 0 Å². The molecule has 0 aliphatic carbocycles. The fourth-order valence-corrected chi connectivity index (χ4v) is 2.84. The molecule has 1 N–H and O–H groups in total. The van der Waals surface area contributed by atoms with E-state index in [-0.39, 0.29) is 23.5 Å². The quantitative estimate of drug-likeness (QED) is 0.905. The molecule has 2 aromatic rings. The minimum absolute atomic E-state index is 0.166. The molecule has 1 amide bonds. The van der Waals surface area contributed by atoms with Crippen LogP contribution < -0.4 is 14.8 Å². The number of ether oxygens (including phenoxy) is 2. The number of anilines is 1. The summed E-state index contributed by atoms with van der Waals surface area (Å²) in [6, 6.07) is 9.45. The third kappa shape index (κ3) is 3.62. The molecule has 1 heterocycles. The van der Waals surface area contributed by atoms with Gasteiger partial charge in [-0.25, -0.2) is 4.39 Å². The Kier molecular flexibility index (Phi) is 4.90. The summed E-state index contributed by atoms with van der Waals surface area (Å²) in [5.74, 6) is 0.507. The summed E-state index contributed by atoms with van der Waals surface area (Å²) in [5.41, 5.74) is 1.31. The van der Waals surface area contributed by atoms with E-state index in [2.05, 4.69) is 5.32 Å². The first-order valence-electron chi connectivity index (χ1n) is 7.71. The number of carbonyl (C=O) groups is 1. The topological polar surface area (TPSA) is 47.6 Å². The number of halogens is 2. The molecular formula is C18H17ClFNO3. The van der Waals surface area contributed by atoms with Crippen LogP contribution >= 0.6 is 11.6 Å². The molecule has 0 fully saturated rings. The lowest BCUT2D eigenvalue weighted by molar-refractivity contribution is -0.121. The second-order valence-corrected chi connectivity index (χ2v) is 5.94. The van der Waals surface area contributed by atoms with Crippen LogP contribution in [0.5, 0.6) is 11.5 Å². The van der Waals surface area contributed by atoms with Gasteiger partial charge in [-0.05, 0) is 55.3 Å². The summed E-state index contributed by atoms with van der Waals surface area (Å²) in [6.45, 7) is 2.77. The van der Waals surface area contributed by atoms with E-state index >= 15 is 0 Å². The zero-order valence-electron chi connectivity index (χ0n) is 13.1. The van der Waals surface area contributed by atoms with E-state index in [4.69, 9.17) is 21.1 Å². The highest BCUT2D eigenvalue weighted by atomic mass is 35.5. The molecule has 0 aromatic heterocycles. The third-order valence-electron chi connectivity index (χ3n) is 3.81. The maximum absolute atomic E-state index is 13.1.